The van der Waals surface area contributed by atoms with Gasteiger partial charge in [-0.25, -0.2) is 0 Å². The second-order valence-electron chi connectivity index (χ2n) is 3.74. The van der Waals surface area contributed by atoms with Crippen LogP contribution in [0.1, 0.15) is 29.3 Å². The molecule has 0 radical (unpaired) electrons. The van der Waals surface area contributed by atoms with Crippen molar-refractivity contribution in [3.8, 4) is 0 Å². The summed E-state index contributed by atoms with van der Waals surface area (Å²) in [7, 11) is 0. The molecule has 0 fully saturated rings. The minimum Gasteiger partial charge on any atom is -0.391 e. The fourth-order valence-corrected chi connectivity index (χ4v) is 1.49. The van der Waals surface area contributed by atoms with E-state index in [-0.39, 0.29) is 5.91 Å². The average Bonchev–Trinajstić information content (AvgIpc) is 2.29. The normalized spacial score (nSPS) is 12.2. The Labute approximate surface area is 104 Å². The summed E-state index contributed by atoms with van der Waals surface area (Å²) in [6.07, 6.45) is 0.167. The third-order valence-electron chi connectivity index (χ3n) is 2.39. The largest absolute Gasteiger partial charge is 0.391 e. The molecule has 1 amide bonds. The van der Waals surface area contributed by atoms with Gasteiger partial charge in [-0.05, 0) is 37.1 Å². The molecular formula is C12H16BrNO2. The van der Waals surface area contributed by atoms with Crippen molar-refractivity contribution in [2.75, 3.05) is 6.54 Å². The molecule has 0 aliphatic heterocycles. The van der Waals surface area contributed by atoms with E-state index in [1.54, 1.807) is 6.07 Å². The smallest absolute Gasteiger partial charge is 0.251 e. The molecule has 1 unspecified atom stereocenters. The molecule has 0 bridgehead atoms. The van der Waals surface area contributed by atoms with Crippen LogP contribution in [0, 0.1) is 6.92 Å². The SMILES string of the molecule is CCC(O)CNC(=O)c1ccc(Br)c(C)c1. The van der Waals surface area contributed by atoms with E-state index in [0.717, 1.165) is 10.0 Å². The fourth-order valence-electron chi connectivity index (χ4n) is 1.24. The van der Waals surface area contributed by atoms with Crippen molar-refractivity contribution < 1.29 is 9.90 Å². The molecule has 16 heavy (non-hydrogen) atoms. The minimum absolute atomic E-state index is 0.150. The van der Waals surface area contributed by atoms with Crippen LogP contribution in [0.25, 0.3) is 0 Å². The van der Waals surface area contributed by atoms with Gasteiger partial charge < -0.3 is 10.4 Å². The van der Waals surface area contributed by atoms with Crippen molar-refractivity contribution >= 4 is 21.8 Å². The van der Waals surface area contributed by atoms with Gasteiger partial charge in [0.1, 0.15) is 0 Å². The van der Waals surface area contributed by atoms with E-state index in [1.807, 2.05) is 26.0 Å². The number of carbonyl (C=O) groups excluding carboxylic acids is 1. The lowest BCUT2D eigenvalue weighted by Crippen LogP contribution is -2.31. The summed E-state index contributed by atoms with van der Waals surface area (Å²) in [5.74, 6) is -0.150. The Morgan fingerprint density at radius 1 is 1.56 bits per heavy atom. The summed E-state index contributed by atoms with van der Waals surface area (Å²) in [6, 6.07) is 5.42. The Bertz CT molecular complexity index is 379. The Balaban J connectivity index is 2.63. The molecule has 3 nitrogen and oxygen atoms in total. The first-order chi connectivity index (χ1) is 7.54. The van der Waals surface area contributed by atoms with E-state index < -0.39 is 6.10 Å². The summed E-state index contributed by atoms with van der Waals surface area (Å²) in [5, 5.41) is 12.0. The second kappa shape index (κ2) is 6.01. The zero-order valence-corrected chi connectivity index (χ0v) is 11.0. The van der Waals surface area contributed by atoms with E-state index in [2.05, 4.69) is 21.2 Å². The highest BCUT2D eigenvalue weighted by Gasteiger charge is 2.08. The van der Waals surface area contributed by atoms with Crippen molar-refractivity contribution in [1.82, 2.24) is 5.32 Å². The van der Waals surface area contributed by atoms with Crippen molar-refractivity contribution in [2.45, 2.75) is 26.4 Å². The lowest BCUT2D eigenvalue weighted by molar-refractivity contribution is 0.0914. The summed E-state index contributed by atoms with van der Waals surface area (Å²) < 4.78 is 0.984. The number of aryl methyl sites for hydroxylation is 1. The molecule has 0 heterocycles. The number of aliphatic hydroxyl groups excluding tert-OH is 1. The van der Waals surface area contributed by atoms with Crippen LogP contribution in [0.3, 0.4) is 0 Å². The standard InChI is InChI=1S/C12H16BrNO2/c1-3-10(15)7-14-12(16)9-4-5-11(13)8(2)6-9/h4-6,10,15H,3,7H2,1-2H3,(H,14,16). The summed E-state index contributed by atoms with van der Waals surface area (Å²) in [5.41, 5.74) is 1.63. The van der Waals surface area contributed by atoms with Gasteiger partial charge in [0.2, 0.25) is 0 Å². The zero-order chi connectivity index (χ0) is 12.1. The molecule has 0 saturated carbocycles. The second-order valence-corrected chi connectivity index (χ2v) is 4.59. The monoisotopic (exact) mass is 285 g/mol. The van der Waals surface area contributed by atoms with E-state index >= 15 is 0 Å². The Morgan fingerprint density at radius 2 is 2.25 bits per heavy atom. The fraction of sp³-hybridized carbons (Fsp3) is 0.417. The van der Waals surface area contributed by atoms with Crippen LogP contribution in [0.5, 0.6) is 0 Å². The maximum atomic E-state index is 11.7. The van der Waals surface area contributed by atoms with Gasteiger partial charge in [0.15, 0.2) is 0 Å². The number of hydrogen-bond acceptors (Lipinski definition) is 2. The van der Waals surface area contributed by atoms with E-state index in [0.29, 0.717) is 18.5 Å². The molecule has 0 spiro atoms. The van der Waals surface area contributed by atoms with Crippen molar-refractivity contribution in [3.05, 3.63) is 33.8 Å². The molecular weight excluding hydrogens is 270 g/mol. The minimum atomic E-state index is -0.472. The number of halogens is 1. The van der Waals surface area contributed by atoms with Gasteiger partial charge in [0, 0.05) is 16.6 Å². The highest BCUT2D eigenvalue weighted by atomic mass is 79.9. The Morgan fingerprint density at radius 3 is 2.81 bits per heavy atom. The van der Waals surface area contributed by atoms with Gasteiger partial charge in [-0.3, -0.25) is 4.79 Å². The molecule has 0 saturated heterocycles. The summed E-state index contributed by atoms with van der Waals surface area (Å²) >= 11 is 3.38. The van der Waals surface area contributed by atoms with Crippen LogP contribution < -0.4 is 5.32 Å². The first-order valence-electron chi connectivity index (χ1n) is 5.27. The van der Waals surface area contributed by atoms with Gasteiger partial charge >= 0.3 is 0 Å². The van der Waals surface area contributed by atoms with Gasteiger partial charge in [-0.15, -0.1) is 0 Å². The maximum absolute atomic E-state index is 11.7. The Kier molecular flexibility index (Phi) is 4.96. The number of aliphatic hydroxyl groups is 1. The lowest BCUT2D eigenvalue weighted by Gasteiger charge is -2.10. The van der Waals surface area contributed by atoms with E-state index in [4.69, 9.17) is 0 Å². The number of hydrogen-bond donors (Lipinski definition) is 2. The zero-order valence-electron chi connectivity index (χ0n) is 9.46. The van der Waals surface area contributed by atoms with Crippen LogP contribution in [-0.4, -0.2) is 23.7 Å². The molecule has 1 atom stereocenters. The van der Waals surface area contributed by atoms with Crippen LogP contribution in [0.2, 0.25) is 0 Å². The van der Waals surface area contributed by atoms with E-state index in [1.165, 1.54) is 0 Å². The molecule has 2 N–H and O–H groups in total. The third-order valence-corrected chi connectivity index (χ3v) is 3.28. The molecule has 0 aliphatic carbocycles. The van der Waals surface area contributed by atoms with Crippen LogP contribution in [0.15, 0.2) is 22.7 Å². The van der Waals surface area contributed by atoms with Crippen LogP contribution >= 0.6 is 15.9 Å². The highest BCUT2D eigenvalue weighted by Crippen LogP contribution is 2.16. The van der Waals surface area contributed by atoms with Crippen LogP contribution in [0.4, 0.5) is 0 Å². The van der Waals surface area contributed by atoms with Crippen LogP contribution in [-0.2, 0) is 0 Å². The van der Waals surface area contributed by atoms with Gasteiger partial charge in [-0.2, -0.15) is 0 Å². The summed E-state index contributed by atoms with van der Waals surface area (Å²) in [4.78, 5) is 11.7. The quantitative estimate of drug-likeness (QED) is 0.892. The number of nitrogens with one attached hydrogen (secondary N) is 1. The van der Waals surface area contributed by atoms with Gasteiger partial charge in [-0.1, -0.05) is 22.9 Å². The first-order valence-corrected chi connectivity index (χ1v) is 6.06. The molecule has 88 valence electrons. The molecule has 1 rings (SSSR count). The molecule has 0 aliphatic rings. The number of amides is 1. The predicted molar refractivity (Wildman–Crippen MR) is 67.5 cm³/mol. The number of benzene rings is 1. The number of rotatable bonds is 4. The highest BCUT2D eigenvalue weighted by molar-refractivity contribution is 9.10. The Hall–Kier alpha value is -0.870. The maximum Gasteiger partial charge on any atom is 0.251 e. The molecule has 1 aromatic carbocycles. The number of carbonyl (C=O) groups is 1. The predicted octanol–water partition coefficient (Wildman–Crippen LogP) is 2.26. The van der Waals surface area contributed by atoms with Gasteiger partial charge in [0.25, 0.3) is 5.91 Å². The first kappa shape index (κ1) is 13.2. The van der Waals surface area contributed by atoms with Crippen molar-refractivity contribution in [1.29, 1.82) is 0 Å². The molecule has 1 aromatic rings. The average molecular weight is 286 g/mol. The van der Waals surface area contributed by atoms with Crippen molar-refractivity contribution in [2.24, 2.45) is 0 Å². The topological polar surface area (TPSA) is 49.3 Å². The van der Waals surface area contributed by atoms with Gasteiger partial charge in [0.05, 0.1) is 6.10 Å². The van der Waals surface area contributed by atoms with Crippen molar-refractivity contribution in [3.63, 3.8) is 0 Å². The van der Waals surface area contributed by atoms with E-state index in [9.17, 15) is 9.90 Å². The lowest BCUT2D eigenvalue weighted by atomic mass is 10.1. The third kappa shape index (κ3) is 3.61. The molecule has 0 aromatic heterocycles. The molecule has 4 heteroatoms. The summed E-state index contributed by atoms with van der Waals surface area (Å²) in [6.45, 7) is 4.10.